The summed E-state index contributed by atoms with van der Waals surface area (Å²) in [5.74, 6) is -0.472. The fraction of sp³-hybridized carbons (Fsp3) is 0.565. The maximum absolute atomic E-state index is 13.7. The lowest BCUT2D eigenvalue weighted by Gasteiger charge is -2.17. The van der Waals surface area contributed by atoms with Crippen LogP contribution in [0.15, 0.2) is 23.4 Å². The van der Waals surface area contributed by atoms with Crippen LogP contribution >= 0.6 is 11.8 Å². The van der Waals surface area contributed by atoms with Gasteiger partial charge < -0.3 is 25.4 Å². The predicted molar refractivity (Wildman–Crippen MR) is 128 cm³/mol. The lowest BCUT2D eigenvalue weighted by Crippen LogP contribution is -2.33. The number of rotatable bonds is 10. The van der Waals surface area contributed by atoms with Crippen LogP contribution in [0.1, 0.15) is 43.7 Å². The maximum atomic E-state index is 13.7. The SMILES string of the molecule is CCCSc1nc(N[C@@H]2C[C@H]2c2ccc(F)c(F)c2)c2nnn([C@@H]3C[C@H](OCCO)[C@H](O)C3O)c2n1. The molecule has 3 aromatic rings. The van der Waals surface area contributed by atoms with E-state index in [1.54, 1.807) is 6.07 Å². The molecule has 0 aliphatic heterocycles. The average molecular weight is 523 g/mol. The fourth-order valence-corrected chi connectivity index (χ4v) is 5.31. The first-order chi connectivity index (χ1) is 17.4. The Balaban J connectivity index is 1.43. The second kappa shape index (κ2) is 10.5. The summed E-state index contributed by atoms with van der Waals surface area (Å²) in [5, 5.41) is 42.5. The summed E-state index contributed by atoms with van der Waals surface area (Å²) in [4.78, 5) is 9.27. The monoisotopic (exact) mass is 522 g/mol. The van der Waals surface area contributed by atoms with Gasteiger partial charge in [0.15, 0.2) is 33.8 Å². The third-order valence-corrected chi connectivity index (χ3v) is 7.61. The molecule has 1 aromatic carbocycles. The third kappa shape index (κ3) is 4.90. The Bertz CT molecular complexity index is 1230. The minimum Gasteiger partial charge on any atom is -0.394 e. The van der Waals surface area contributed by atoms with Gasteiger partial charge in [-0.3, -0.25) is 0 Å². The summed E-state index contributed by atoms with van der Waals surface area (Å²) in [5.41, 5.74) is 1.53. The molecular weight excluding hydrogens is 494 g/mol. The van der Waals surface area contributed by atoms with Gasteiger partial charge >= 0.3 is 0 Å². The van der Waals surface area contributed by atoms with Crippen molar-refractivity contribution < 1.29 is 28.8 Å². The van der Waals surface area contributed by atoms with Crippen LogP contribution in [0.4, 0.5) is 14.6 Å². The van der Waals surface area contributed by atoms with E-state index in [1.807, 2.05) is 0 Å². The van der Waals surface area contributed by atoms with Gasteiger partial charge in [0.05, 0.1) is 25.4 Å². The Morgan fingerprint density at radius 1 is 1.17 bits per heavy atom. The zero-order valence-electron chi connectivity index (χ0n) is 19.6. The van der Waals surface area contributed by atoms with Gasteiger partial charge in [-0.1, -0.05) is 30.0 Å². The van der Waals surface area contributed by atoms with Crippen molar-refractivity contribution in [3.05, 3.63) is 35.4 Å². The van der Waals surface area contributed by atoms with Crippen molar-refractivity contribution in [3.8, 4) is 0 Å². The first-order valence-corrected chi connectivity index (χ1v) is 13.0. The predicted octanol–water partition coefficient (Wildman–Crippen LogP) is 2.01. The standard InChI is InChI=1S/C23H28F2N6O4S/c1-2-7-36-23-27-21(26-15-9-12(15)11-3-4-13(24)14(25)8-11)18-22(28-23)31(30-29-18)16-10-17(35-6-5-32)20(34)19(16)33/h3-4,8,12,15-17,19-20,32-34H,2,5-7,9-10H2,1H3,(H,26,27,28)/t12-,15+,16+,17-,19?,20-/m0/s1. The van der Waals surface area contributed by atoms with Gasteiger partial charge in [0.1, 0.15) is 12.2 Å². The molecular formula is C23H28F2N6O4S. The van der Waals surface area contributed by atoms with Crippen LogP contribution in [0, 0.1) is 11.6 Å². The molecule has 0 amide bonds. The molecule has 194 valence electrons. The molecule has 6 atom stereocenters. The minimum atomic E-state index is -1.15. The van der Waals surface area contributed by atoms with E-state index in [1.165, 1.54) is 22.5 Å². The first-order valence-electron chi connectivity index (χ1n) is 12.0. The Kier molecular flexibility index (Phi) is 7.35. The van der Waals surface area contributed by atoms with Crippen LogP contribution in [0.5, 0.6) is 0 Å². The average Bonchev–Trinajstić information content (AvgIpc) is 3.41. The number of benzene rings is 1. The van der Waals surface area contributed by atoms with Crippen LogP contribution in [0.2, 0.25) is 0 Å². The molecule has 5 rings (SSSR count). The molecule has 36 heavy (non-hydrogen) atoms. The van der Waals surface area contributed by atoms with Gasteiger partial charge in [-0.15, -0.1) is 5.10 Å². The van der Waals surface area contributed by atoms with E-state index in [9.17, 15) is 19.0 Å². The van der Waals surface area contributed by atoms with E-state index < -0.39 is 36.0 Å². The number of anilines is 1. The highest BCUT2D eigenvalue weighted by Crippen LogP contribution is 2.44. The molecule has 2 aliphatic rings. The molecule has 0 bridgehead atoms. The Labute approximate surface area is 210 Å². The highest BCUT2D eigenvalue weighted by Gasteiger charge is 2.45. The first kappa shape index (κ1) is 25.2. The summed E-state index contributed by atoms with van der Waals surface area (Å²) in [6.07, 6.45) is -1.04. The summed E-state index contributed by atoms with van der Waals surface area (Å²) in [6, 6.07) is 3.26. The van der Waals surface area contributed by atoms with Crippen molar-refractivity contribution >= 4 is 28.7 Å². The van der Waals surface area contributed by atoms with Crippen LogP contribution in [0.3, 0.4) is 0 Å². The Hall–Kier alpha value is -2.45. The zero-order chi connectivity index (χ0) is 25.4. The second-order valence-electron chi connectivity index (χ2n) is 9.09. The molecule has 2 aliphatic carbocycles. The maximum Gasteiger partial charge on any atom is 0.191 e. The number of aliphatic hydroxyl groups is 3. The van der Waals surface area contributed by atoms with Crippen molar-refractivity contribution in [3.63, 3.8) is 0 Å². The lowest BCUT2D eigenvalue weighted by molar-refractivity contribution is -0.0629. The van der Waals surface area contributed by atoms with Gasteiger partial charge in [0.2, 0.25) is 0 Å². The van der Waals surface area contributed by atoms with Crippen molar-refractivity contribution in [2.75, 3.05) is 24.3 Å². The number of nitrogens with zero attached hydrogens (tertiary/aromatic N) is 5. The highest BCUT2D eigenvalue weighted by atomic mass is 32.2. The smallest absolute Gasteiger partial charge is 0.191 e. The van der Waals surface area contributed by atoms with Gasteiger partial charge in [-0.25, -0.2) is 23.4 Å². The number of fused-ring (bicyclic) bond motifs is 1. The molecule has 2 fully saturated rings. The van der Waals surface area contributed by atoms with E-state index >= 15 is 0 Å². The van der Waals surface area contributed by atoms with E-state index in [-0.39, 0.29) is 31.6 Å². The molecule has 4 N–H and O–H groups in total. The summed E-state index contributed by atoms with van der Waals surface area (Å²) in [6.45, 7) is 1.91. The number of aliphatic hydroxyl groups excluding tert-OH is 3. The van der Waals surface area contributed by atoms with E-state index in [4.69, 9.17) is 9.84 Å². The van der Waals surface area contributed by atoms with E-state index in [0.717, 1.165) is 24.7 Å². The van der Waals surface area contributed by atoms with Crippen LogP contribution < -0.4 is 5.32 Å². The molecule has 2 aromatic heterocycles. The second-order valence-corrected chi connectivity index (χ2v) is 10.2. The van der Waals surface area contributed by atoms with Crippen LogP contribution in [-0.2, 0) is 4.74 Å². The normalized spacial score (nSPS) is 27.6. The number of nitrogens with one attached hydrogen (secondary N) is 1. The minimum absolute atomic E-state index is 0.00291. The van der Waals surface area contributed by atoms with Gasteiger partial charge in [-0.05, 0) is 30.5 Å². The molecule has 0 saturated heterocycles. The molecule has 1 unspecified atom stereocenters. The van der Waals surface area contributed by atoms with Gasteiger partial charge in [0, 0.05) is 24.1 Å². The molecule has 0 spiro atoms. The van der Waals surface area contributed by atoms with Crippen molar-refractivity contribution in [2.24, 2.45) is 0 Å². The van der Waals surface area contributed by atoms with Gasteiger partial charge in [-0.2, -0.15) is 0 Å². The van der Waals surface area contributed by atoms with Gasteiger partial charge in [0.25, 0.3) is 0 Å². The molecule has 13 heteroatoms. The number of thioether (sulfide) groups is 1. The largest absolute Gasteiger partial charge is 0.394 e. The van der Waals surface area contributed by atoms with E-state index in [0.29, 0.717) is 27.7 Å². The number of hydrogen-bond donors (Lipinski definition) is 4. The van der Waals surface area contributed by atoms with Crippen LogP contribution in [0.25, 0.3) is 11.2 Å². The van der Waals surface area contributed by atoms with E-state index in [2.05, 4.69) is 32.5 Å². The number of halogens is 2. The summed E-state index contributed by atoms with van der Waals surface area (Å²) >= 11 is 1.48. The van der Waals surface area contributed by atoms with Crippen molar-refractivity contribution in [1.29, 1.82) is 0 Å². The molecule has 10 nitrogen and oxygen atoms in total. The topological polar surface area (TPSA) is 138 Å². The quantitative estimate of drug-likeness (QED) is 0.231. The van der Waals surface area contributed by atoms with Crippen LogP contribution in [-0.4, -0.2) is 83.6 Å². The molecule has 2 saturated carbocycles. The number of aromatic nitrogens is 5. The molecule has 2 heterocycles. The lowest BCUT2D eigenvalue weighted by atomic mass is 10.1. The van der Waals surface area contributed by atoms with Crippen molar-refractivity contribution in [1.82, 2.24) is 25.0 Å². The third-order valence-electron chi connectivity index (χ3n) is 6.56. The molecule has 0 radical (unpaired) electrons. The highest BCUT2D eigenvalue weighted by molar-refractivity contribution is 7.99. The Morgan fingerprint density at radius 3 is 2.75 bits per heavy atom. The number of ether oxygens (including phenoxy) is 1. The van der Waals surface area contributed by atoms with Crippen molar-refractivity contribution in [2.45, 2.75) is 67.7 Å². The number of hydrogen-bond acceptors (Lipinski definition) is 10. The summed E-state index contributed by atoms with van der Waals surface area (Å²) < 4.78 is 34.0. The zero-order valence-corrected chi connectivity index (χ0v) is 20.4. The Morgan fingerprint density at radius 2 is 2.00 bits per heavy atom. The summed E-state index contributed by atoms with van der Waals surface area (Å²) in [7, 11) is 0. The fourth-order valence-electron chi connectivity index (χ4n) is 4.61.